The molecule has 0 spiro atoms. The summed E-state index contributed by atoms with van der Waals surface area (Å²) in [6.45, 7) is -0.622. The van der Waals surface area contributed by atoms with E-state index in [0.29, 0.717) is 15.5 Å². The zero-order chi connectivity index (χ0) is 14.0. The lowest BCUT2D eigenvalue weighted by Gasteiger charge is -2.07. The van der Waals surface area contributed by atoms with Crippen LogP contribution in [-0.4, -0.2) is 33.7 Å². The largest absolute Gasteiger partial charge is 0.480 e. The Morgan fingerprint density at radius 2 is 1.95 bits per heavy atom. The number of halogens is 1. The minimum atomic E-state index is -1.23. The number of carbonyl (C=O) groups is 3. The molecule has 1 aromatic rings. The second kappa shape index (κ2) is 5.46. The Morgan fingerprint density at radius 1 is 1.32 bits per heavy atom. The van der Waals surface area contributed by atoms with Gasteiger partial charge in [0.25, 0.3) is 11.1 Å². The highest BCUT2D eigenvalue weighted by molar-refractivity contribution is 8.18. The molecular formula is C12H8ClNO4S. The summed E-state index contributed by atoms with van der Waals surface area (Å²) < 4.78 is 0. The summed E-state index contributed by atoms with van der Waals surface area (Å²) in [4.78, 5) is 34.8. The highest BCUT2D eigenvalue weighted by atomic mass is 35.5. The molecule has 1 heterocycles. The number of amides is 2. The first-order valence-corrected chi connectivity index (χ1v) is 6.39. The average Bonchev–Trinajstić information content (AvgIpc) is 2.60. The zero-order valence-corrected chi connectivity index (χ0v) is 11.1. The normalized spacial score (nSPS) is 17.3. The Balaban J connectivity index is 2.23. The van der Waals surface area contributed by atoms with Gasteiger partial charge in [-0.2, -0.15) is 0 Å². The van der Waals surface area contributed by atoms with Gasteiger partial charge in [0.05, 0.1) is 4.91 Å². The molecule has 1 fully saturated rings. The molecule has 2 rings (SSSR count). The number of benzene rings is 1. The molecule has 1 saturated heterocycles. The standard InChI is InChI=1S/C12H8ClNO4S/c13-8-3-1-7(2-4-8)5-9-11(17)14(6-10(15)16)12(18)19-9/h1-5H,6H2,(H,15,16). The second-order valence-electron chi connectivity index (χ2n) is 3.71. The summed E-state index contributed by atoms with van der Waals surface area (Å²) in [5.41, 5.74) is 0.713. The monoisotopic (exact) mass is 297 g/mol. The van der Waals surface area contributed by atoms with E-state index in [0.717, 1.165) is 11.8 Å². The molecule has 5 nitrogen and oxygen atoms in total. The second-order valence-corrected chi connectivity index (χ2v) is 5.14. The predicted molar refractivity (Wildman–Crippen MR) is 71.8 cm³/mol. The fourth-order valence-electron chi connectivity index (χ4n) is 1.48. The maximum Gasteiger partial charge on any atom is 0.323 e. The molecule has 19 heavy (non-hydrogen) atoms. The SMILES string of the molecule is O=C(O)CN1C(=O)SC(=Cc2ccc(Cl)cc2)C1=O. The van der Waals surface area contributed by atoms with Crippen molar-refractivity contribution in [2.24, 2.45) is 0 Å². The molecular weight excluding hydrogens is 290 g/mol. The lowest BCUT2D eigenvalue weighted by Crippen LogP contribution is -2.33. The number of hydrogen-bond acceptors (Lipinski definition) is 4. The first kappa shape index (κ1) is 13.6. The molecule has 0 bridgehead atoms. The molecule has 0 aliphatic carbocycles. The van der Waals surface area contributed by atoms with Gasteiger partial charge in [-0.1, -0.05) is 23.7 Å². The summed E-state index contributed by atoms with van der Waals surface area (Å²) in [5, 5.41) is 8.62. The van der Waals surface area contributed by atoms with Gasteiger partial charge in [-0.25, -0.2) is 0 Å². The van der Waals surface area contributed by atoms with E-state index in [2.05, 4.69) is 0 Å². The van der Waals surface area contributed by atoms with Gasteiger partial charge >= 0.3 is 5.97 Å². The van der Waals surface area contributed by atoms with Crippen LogP contribution in [-0.2, 0) is 9.59 Å². The van der Waals surface area contributed by atoms with Crippen LogP contribution in [0.25, 0.3) is 6.08 Å². The number of aliphatic carboxylic acids is 1. The molecule has 7 heteroatoms. The number of carboxylic acid groups (broad SMARTS) is 1. The van der Waals surface area contributed by atoms with Crippen molar-refractivity contribution in [1.29, 1.82) is 0 Å². The van der Waals surface area contributed by atoms with Crippen molar-refractivity contribution < 1.29 is 19.5 Å². The lowest BCUT2D eigenvalue weighted by molar-refractivity contribution is -0.140. The van der Waals surface area contributed by atoms with E-state index in [1.165, 1.54) is 6.08 Å². The minimum Gasteiger partial charge on any atom is -0.480 e. The van der Waals surface area contributed by atoms with Crippen LogP contribution in [0.15, 0.2) is 29.2 Å². The number of rotatable bonds is 3. The number of carboxylic acids is 1. The topological polar surface area (TPSA) is 74.7 Å². The molecule has 0 saturated carbocycles. The maximum atomic E-state index is 11.8. The molecule has 1 aromatic carbocycles. The molecule has 0 atom stereocenters. The Labute approximate surface area is 117 Å². The van der Waals surface area contributed by atoms with Gasteiger partial charge in [0.15, 0.2) is 0 Å². The van der Waals surface area contributed by atoms with Crippen molar-refractivity contribution in [3.05, 3.63) is 39.8 Å². The third kappa shape index (κ3) is 3.15. The summed E-state index contributed by atoms with van der Waals surface area (Å²) >= 11 is 6.47. The highest BCUT2D eigenvalue weighted by Gasteiger charge is 2.36. The van der Waals surface area contributed by atoms with Crippen molar-refractivity contribution in [3.63, 3.8) is 0 Å². The molecule has 98 valence electrons. The van der Waals surface area contributed by atoms with Crippen LogP contribution < -0.4 is 0 Å². The lowest BCUT2D eigenvalue weighted by atomic mass is 10.2. The van der Waals surface area contributed by atoms with E-state index in [-0.39, 0.29) is 4.91 Å². The first-order chi connectivity index (χ1) is 8.97. The van der Waals surface area contributed by atoms with Gasteiger partial charge in [0, 0.05) is 5.02 Å². The Hall–Kier alpha value is -1.79. The Kier molecular flexibility index (Phi) is 3.92. The molecule has 0 radical (unpaired) electrons. The third-order valence-electron chi connectivity index (χ3n) is 2.33. The van der Waals surface area contributed by atoms with Crippen molar-refractivity contribution in [2.45, 2.75) is 0 Å². The fourth-order valence-corrected chi connectivity index (χ4v) is 2.45. The van der Waals surface area contributed by atoms with Crippen LogP contribution in [0, 0.1) is 0 Å². The number of carbonyl (C=O) groups excluding carboxylic acids is 2. The van der Waals surface area contributed by atoms with E-state index in [1.807, 2.05) is 0 Å². The Morgan fingerprint density at radius 3 is 2.53 bits per heavy atom. The van der Waals surface area contributed by atoms with Crippen molar-refractivity contribution in [2.75, 3.05) is 6.54 Å². The van der Waals surface area contributed by atoms with E-state index in [1.54, 1.807) is 24.3 Å². The molecule has 1 aliphatic rings. The molecule has 0 unspecified atom stereocenters. The van der Waals surface area contributed by atoms with Gasteiger partial charge in [0.2, 0.25) is 0 Å². The molecule has 1 aliphatic heterocycles. The maximum absolute atomic E-state index is 11.8. The summed E-state index contributed by atoms with van der Waals surface area (Å²) in [6, 6.07) is 6.73. The van der Waals surface area contributed by atoms with Gasteiger partial charge in [0.1, 0.15) is 6.54 Å². The minimum absolute atomic E-state index is 0.202. The van der Waals surface area contributed by atoms with E-state index in [4.69, 9.17) is 16.7 Å². The van der Waals surface area contributed by atoms with E-state index < -0.39 is 23.7 Å². The van der Waals surface area contributed by atoms with E-state index in [9.17, 15) is 14.4 Å². The summed E-state index contributed by atoms with van der Waals surface area (Å²) in [5.74, 6) is -1.82. The average molecular weight is 298 g/mol. The summed E-state index contributed by atoms with van der Waals surface area (Å²) in [7, 11) is 0. The van der Waals surface area contributed by atoms with Crippen LogP contribution in [0.3, 0.4) is 0 Å². The summed E-state index contributed by atoms with van der Waals surface area (Å²) in [6.07, 6.45) is 1.53. The predicted octanol–water partition coefficient (Wildman–Crippen LogP) is 2.46. The Bertz CT molecular complexity index is 582. The van der Waals surface area contributed by atoms with E-state index >= 15 is 0 Å². The van der Waals surface area contributed by atoms with Gasteiger partial charge in [-0.3, -0.25) is 19.3 Å². The number of imide groups is 1. The fraction of sp³-hybridized carbons (Fsp3) is 0.0833. The highest BCUT2D eigenvalue weighted by Crippen LogP contribution is 2.32. The smallest absolute Gasteiger partial charge is 0.323 e. The van der Waals surface area contributed by atoms with Crippen LogP contribution >= 0.6 is 23.4 Å². The molecule has 1 N–H and O–H groups in total. The number of thioether (sulfide) groups is 1. The number of nitrogens with zero attached hydrogens (tertiary/aromatic N) is 1. The van der Waals surface area contributed by atoms with Crippen molar-refractivity contribution in [3.8, 4) is 0 Å². The van der Waals surface area contributed by atoms with Crippen molar-refractivity contribution >= 4 is 46.6 Å². The molecule has 2 amide bonds. The van der Waals surface area contributed by atoms with Crippen LogP contribution in [0.4, 0.5) is 4.79 Å². The van der Waals surface area contributed by atoms with Gasteiger partial charge < -0.3 is 5.11 Å². The van der Waals surface area contributed by atoms with Crippen LogP contribution in [0.5, 0.6) is 0 Å². The zero-order valence-electron chi connectivity index (χ0n) is 9.50. The quantitative estimate of drug-likeness (QED) is 0.867. The van der Waals surface area contributed by atoms with Gasteiger partial charge in [-0.05, 0) is 35.5 Å². The third-order valence-corrected chi connectivity index (χ3v) is 3.49. The van der Waals surface area contributed by atoms with Gasteiger partial charge in [-0.15, -0.1) is 0 Å². The first-order valence-electron chi connectivity index (χ1n) is 5.20. The van der Waals surface area contributed by atoms with Crippen LogP contribution in [0.2, 0.25) is 5.02 Å². The number of hydrogen-bond donors (Lipinski definition) is 1. The molecule has 0 aromatic heterocycles. The van der Waals surface area contributed by atoms with Crippen molar-refractivity contribution in [1.82, 2.24) is 4.90 Å². The van der Waals surface area contributed by atoms with Crippen LogP contribution in [0.1, 0.15) is 5.56 Å².